The van der Waals surface area contributed by atoms with E-state index in [-0.39, 0.29) is 0 Å². The van der Waals surface area contributed by atoms with Crippen molar-refractivity contribution in [2.45, 2.75) is 0 Å². The highest BCUT2D eigenvalue weighted by molar-refractivity contribution is 5.75. The van der Waals surface area contributed by atoms with Crippen molar-refractivity contribution in [2.24, 2.45) is 0 Å². The highest BCUT2D eigenvalue weighted by atomic mass is 16.4. The second-order valence-corrected chi connectivity index (χ2v) is 2.62. The molecule has 13 heavy (non-hydrogen) atoms. The minimum Gasteiger partial charge on any atom is -0.420 e. The molecule has 1 aromatic carbocycles. The fourth-order valence-electron chi connectivity index (χ4n) is 1.09. The monoisotopic (exact) mass is 174 g/mol. The Morgan fingerprint density at radius 1 is 0.923 bits per heavy atom. The number of rotatable bonds is 0. The van der Waals surface area contributed by atoms with Gasteiger partial charge < -0.3 is 4.42 Å². The molecule has 64 valence electrons. The van der Waals surface area contributed by atoms with Crippen LogP contribution in [0.2, 0.25) is 0 Å². The van der Waals surface area contributed by atoms with Crippen LogP contribution in [-0.2, 0) is 0 Å². The molecule has 1 aromatic heterocycles. The summed E-state index contributed by atoms with van der Waals surface area (Å²) >= 11 is 0. The number of para-hydroxylation sites is 1. The van der Waals surface area contributed by atoms with Gasteiger partial charge in [0.05, 0.1) is 0 Å². The van der Waals surface area contributed by atoms with Gasteiger partial charge in [-0.1, -0.05) is 18.2 Å². The summed E-state index contributed by atoms with van der Waals surface area (Å²) in [6.45, 7) is 0. The van der Waals surface area contributed by atoms with Gasteiger partial charge in [0, 0.05) is 5.39 Å². The lowest BCUT2D eigenvalue weighted by Gasteiger charge is -1.86. The smallest absolute Gasteiger partial charge is 0.384 e. The van der Waals surface area contributed by atoms with Gasteiger partial charge in [-0.3, -0.25) is 4.79 Å². The van der Waals surface area contributed by atoms with E-state index in [1.165, 1.54) is 6.07 Å². The molecule has 3 nitrogen and oxygen atoms in total. The van der Waals surface area contributed by atoms with Gasteiger partial charge in [0.1, 0.15) is 5.58 Å². The fourth-order valence-corrected chi connectivity index (χ4v) is 1.09. The van der Waals surface area contributed by atoms with E-state index < -0.39 is 11.1 Å². The number of fused-ring (bicyclic) bond motifs is 1. The first-order chi connectivity index (χ1) is 6.27. The number of hydrogen-bond donors (Lipinski definition) is 0. The third-order valence-electron chi connectivity index (χ3n) is 1.74. The quantitative estimate of drug-likeness (QED) is 0.563. The Balaban J connectivity index is 3.06. The van der Waals surface area contributed by atoms with Gasteiger partial charge in [-0.25, -0.2) is 4.79 Å². The Kier molecular flexibility index (Phi) is 1.70. The molecule has 0 aliphatic heterocycles. The molecule has 0 aliphatic carbocycles. The predicted octanol–water partition coefficient (Wildman–Crippen LogP) is 1.15. The summed E-state index contributed by atoms with van der Waals surface area (Å²) in [7, 11) is 0. The molecule has 2 aromatic rings. The molecule has 0 bridgehead atoms. The predicted molar refractivity (Wildman–Crippen MR) is 48.8 cm³/mol. The topological polar surface area (TPSA) is 47.3 Å². The van der Waals surface area contributed by atoms with Crippen LogP contribution in [0.15, 0.2) is 50.4 Å². The molecule has 0 fully saturated rings. The first-order valence-corrected chi connectivity index (χ1v) is 3.80. The van der Waals surface area contributed by atoms with Gasteiger partial charge >= 0.3 is 5.63 Å². The molecule has 0 atom stereocenters. The molecule has 2 rings (SSSR count). The maximum atomic E-state index is 11.0. The Morgan fingerprint density at radius 2 is 1.69 bits per heavy atom. The van der Waals surface area contributed by atoms with Crippen molar-refractivity contribution in [3.8, 4) is 0 Å². The Labute approximate surface area is 73.3 Å². The molecule has 0 spiro atoms. The van der Waals surface area contributed by atoms with Gasteiger partial charge in [0.2, 0.25) is 0 Å². The lowest BCUT2D eigenvalue weighted by atomic mass is 10.2. The van der Waals surface area contributed by atoms with Gasteiger partial charge in [-0.15, -0.1) is 0 Å². The van der Waals surface area contributed by atoms with Crippen molar-refractivity contribution < 1.29 is 4.42 Å². The molecule has 0 saturated carbocycles. The van der Waals surface area contributed by atoms with Crippen LogP contribution in [0.1, 0.15) is 0 Å². The summed E-state index contributed by atoms with van der Waals surface area (Å²) in [5.41, 5.74) is -1.04. The average molecular weight is 174 g/mol. The van der Waals surface area contributed by atoms with Crippen molar-refractivity contribution in [1.82, 2.24) is 0 Å². The van der Waals surface area contributed by atoms with Crippen LogP contribution in [-0.4, -0.2) is 0 Å². The van der Waals surface area contributed by atoms with E-state index >= 15 is 0 Å². The second-order valence-electron chi connectivity index (χ2n) is 2.62. The van der Waals surface area contributed by atoms with Gasteiger partial charge in [0.15, 0.2) is 0 Å². The SMILES string of the molecule is O=c1ccc2ccccc2oc1=O. The van der Waals surface area contributed by atoms with Crippen molar-refractivity contribution in [3.63, 3.8) is 0 Å². The molecule has 0 radical (unpaired) electrons. The van der Waals surface area contributed by atoms with Crippen LogP contribution in [0.25, 0.3) is 11.0 Å². The molecule has 3 heteroatoms. The first kappa shape index (κ1) is 7.73. The van der Waals surface area contributed by atoms with Gasteiger partial charge in [-0.2, -0.15) is 0 Å². The normalized spacial score (nSPS) is 10.2. The lowest BCUT2D eigenvalue weighted by Crippen LogP contribution is -2.17. The standard InChI is InChI=1S/C10H6O3/c11-8-6-5-7-3-1-2-4-9(7)13-10(8)12/h1-6H. The zero-order valence-corrected chi connectivity index (χ0v) is 6.69. The summed E-state index contributed by atoms with van der Waals surface area (Å²) in [5, 5.41) is 0.738. The van der Waals surface area contributed by atoms with Crippen molar-refractivity contribution in [2.75, 3.05) is 0 Å². The van der Waals surface area contributed by atoms with E-state index in [4.69, 9.17) is 4.42 Å². The van der Waals surface area contributed by atoms with Crippen molar-refractivity contribution in [1.29, 1.82) is 0 Å². The second kappa shape index (κ2) is 2.86. The summed E-state index contributed by atoms with van der Waals surface area (Å²) in [6, 6.07) is 9.77. The van der Waals surface area contributed by atoms with Crippen LogP contribution >= 0.6 is 0 Å². The summed E-state index contributed by atoms with van der Waals surface area (Å²) in [5.74, 6) is 0. The maximum Gasteiger partial charge on any atom is 0.384 e. The average Bonchev–Trinajstić information content (AvgIpc) is 2.28. The van der Waals surface area contributed by atoms with Gasteiger partial charge in [0.25, 0.3) is 5.43 Å². The number of benzene rings is 1. The summed E-state index contributed by atoms with van der Waals surface area (Å²) in [6.07, 6.45) is 0. The highest BCUT2D eigenvalue weighted by Crippen LogP contribution is 2.07. The van der Waals surface area contributed by atoms with Gasteiger partial charge in [-0.05, 0) is 18.2 Å². The molecular weight excluding hydrogens is 168 g/mol. The summed E-state index contributed by atoms with van der Waals surface area (Å²) < 4.78 is 4.82. The fraction of sp³-hybridized carbons (Fsp3) is 0. The Bertz CT molecular complexity index is 554. The van der Waals surface area contributed by atoms with E-state index in [1.807, 2.05) is 6.07 Å². The molecule has 1 heterocycles. The largest absolute Gasteiger partial charge is 0.420 e. The Hall–Kier alpha value is -1.90. The van der Waals surface area contributed by atoms with Crippen LogP contribution in [0.4, 0.5) is 0 Å². The van der Waals surface area contributed by atoms with E-state index in [1.54, 1.807) is 24.3 Å². The zero-order chi connectivity index (χ0) is 9.26. The molecule has 0 amide bonds. The van der Waals surface area contributed by atoms with E-state index in [0.717, 1.165) is 5.39 Å². The van der Waals surface area contributed by atoms with Crippen LogP contribution < -0.4 is 11.1 Å². The van der Waals surface area contributed by atoms with Crippen molar-refractivity contribution >= 4 is 11.0 Å². The minimum atomic E-state index is -0.832. The molecule has 0 unspecified atom stereocenters. The summed E-state index contributed by atoms with van der Waals surface area (Å²) in [4.78, 5) is 21.9. The maximum absolute atomic E-state index is 11.0. The lowest BCUT2D eigenvalue weighted by molar-refractivity contribution is 0.559. The highest BCUT2D eigenvalue weighted by Gasteiger charge is 1.95. The molecule has 0 saturated heterocycles. The van der Waals surface area contributed by atoms with E-state index in [2.05, 4.69) is 0 Å². The first-order valence-electron chi connectivity index (χ1n) is 3.80. The van der Waals surface area contributed by atoms with Crippen LogP contribution in [0, 0.1) is 0 Å². The number of hydrogen-bond acceptors (Lipinski definition) is 3. The third-order valence-corrected chi connectivity index (χ3v) is 1.74. The molecule has 0 N–H and O–H groups in total. The van der Waals surface area contributed by atoms with Crippen molar-refractivity contribution in [3.05, 3.63) is 57.0 Å². The van der Waals surface area contributed by atoms with E-state index in [0.29, 0.717) is 5.58 Å². The van der Waals surface area contributed by atoms with Crippen LogP contribution in [0.3, 0.4) is 0 Å². The Morgan fingerprint density at radius 3 is 2.54 bits per heavy atom. The molecule has 0 aliphatic rings. The third kappa shape index (κ3) is 1.36. The van der Waals surface area contributed by atoms with Crippen LogP contribution in [0.5, 0.6) is 0 Å². The van der Waals surface area contributed by atoms with E-state index in [9.17, 15) is 9.59 Å². The molecular formula is C10H6O3. The minimum absolute atomic E-state index is 0.426. The zero-order valence-electron chi connectivity index (χ0n) is 6.69.